The van der Waals surface area contributed by atoms with Gasteiger partial charge in [-0.05, 0) is 23.8 Å². The minimum atomic E-state index is -0.112. The molecular weight excluding hydrogens is 393 g/mol. The fourth-order valence-electron chi connectivity index (χ4n) is 2.97. The molecule has 0 atom stereocenters. The van der Waals surface area contributed by atoms with E-state index >= 15 is 0 Å². The van der Waals surface area contributed by atoms with Crippen LogP contribution in [-0.4, -0.2) is 48.4 Å². The van der Waals surface area contributed by atoms with Gasteiger partial charge >= 0.3 is 0 Å². The molecule has 0 bridgehead atoms. The van der Waals surface area contributed by atoms with Gasteiger partial charge in [0.1, 0.15) is 0 Å². The van der Waals surface area contributed by atoms with Crippen LogP contribution in [0.25, 0.3) is 0 Å². The molecule has 1 aliphatic rings. The van der Waals surface area contributed by atoms with Crippen LogP contribution in [0.5, 0.6) is 0 Å². The maximum absolute atomic E-state index is 12.3. The third kappa shape index (κ3) is 5.12. The standard InChI is InChI=1S/C19H20Cl3N3O/c20-15-5-2-1-4-14(15)12-24-8-10-25(11-9-24)13-18(26)23-19-16(21)6-3-7-17(19)22/h1-7H,8-13H2,(H,23,26). The van der Waals surface area contributed by atoms with Gasteiger partial charge in [-0.3, -0.25) is 14.6 Å². The SMILES string of the molecule is O=C(CN1CCN(Cc2ccccc2Cl)CC1)Nc1c(Cl)cccc1Cl. The molecule has 4 nitrogen and oxygen atoms in total. The molecule has 0 saturated carbocycles. The van der Waals surface area contributed by atoms with Crippen LogP contribution in [0, 0.1) is 0 Å². The Morgan fingerprint density at radius 1 is 0.846 bits per heavy atom. The Morgan fingerprint density at radius 3 is 2.08 bits per heavy atom. The van der Waals surface area contributed by atoms with Crippen molar-refractivity contribution in [2.24, 2.45) is 0 Å². The Kier molecular flexibility index (Phi) is 6.79. The van der Waals surface area contributed by atoms with E-state index in [2.05, 4.69) is 21.2 Å². The van der Waals surface area contributed by atoms with Crippen molar-refractivity contribution >= 4 is 46.4 Å². The van der Waals surface area contributed by atoms with E-state index in [9.17, 15) is 4.79 Å². The van der Waals surface area contributed by atoms with Crippen LogP contribution in [-0.2, 0) is 11.3 Å². The van der Waals surface area contributed by atoms with Gasteiger partial charge in [-0.1, -0.05) is 59.1 Å². The number of para-hydroxylation sites is 1. The minimum absolute atomic E-state index is 0.112. The van der Waals surface area contributed by atoms with Crippen molar-refractivity contribution in [1.82, 2.24) is 9.80 Å². The van der Waals surface area contributed by atoms with Crippen molar-refractivity contribution in [3.8, 4) is 0 Å². The maximum atomic E-state index is 12.3. The first-order valence-corrected chi connectivity index (χ1v) is 9.58. The maximum Gasteiger partial charge on any atom is 0.238 e. The summed E-state index contributed by atoms with van der Waals surface area (Å²) in [4.78, 5) is 16.8. The lowest BCUT2D eigenvalue weighted by molar-refractivity contribution is -0.117. The summed E-state index contributed by atoms with van der Waals surface area (Å²) in [6.45, 7) is 4.59. The third-order valence-corrected chi connectivity index (χ3v) is 5.41. The number of piperazine rings is 1. The number of nitrogens with one attached hydrogen (secondary N) is 1. The Hall–Kier alpha value is -1.30. The van der Waals surface area contributed by atoms with E-state index < -0.39 is 0 Å². The van der Waals surface area contributed by atoms with Gasteiger partial charge in [-0.2, -0.15) is 0 Å². The molecule has 138 valence electrons. The lowest BCUT2D eigenvalue weighted by Gasteiger charge is -2.34. The number of benzene rings is 2. The Labute approximate surface area is 168 Å². The van der Waals surface area contributed by atoms with Gasteiger partial charge in [0, 0.05) is 37.7 Å². The first-order valence-electron chi connectivity index (χ1n) is 8.45. The van der Waals surface area contributed by atoms with Gasteiger partial charge in [0.2, 0.25) is 5.91 Å². The molecule has 1 amide bonds. The number of nitrogens with zero attached hydrogens (tertiary/aromatic N) is 2. The van der Waals surface area contributed by atoms with Gasteiger partial charge < -0.3 is 5.32 Å². The highest BCUT2D eigenvalue weighted by molar-refractivity contribution is 6.39. The smallest absolute Gasteiger partial charge is 0.238 e. The molecule has 0 aromatic heterocycles. The summed E-state index contributed by atoms with van der Waals surface area (Å²) in [6, 6.07) is 13.1. The minimum Gasteiger partial charge on any atom is -0.322 e. The van der Waals surface area contributed by atoms with E-state index in [1.807, 2.05) is 18.2 Å². The fraction of sp³-hybridized carbons (Fsp3) is 0.316. The molecule has 7 heteroatoms. The molecule has 1 N–H and O–H groups in total. The topological polar surface area (TPSA) is 35.6 Å². The van der Waals surface area contributed by atoms with Crippen molar-refractivity contribution in [2.45, 2.75) is 6.54 Å². The highest BCUT2D eigenvalue weighted by atomic mass is 35.5. The van der Waals surface area contributed by atoms with Crippen LogP contribution in [0.4, 0.5) is 5.69 Å². The highest BCUT2D eigenvalue weighted by Gasteiger charge is 2.20. The molecule has 0 aliphatic carbocycles. The van der Waals surface area contributed by atoms with E-state index in [1.54, 1.807) is 18.2 Å². The van der Waals surface area contributed by atoms with Crippen LogP contribution in [0.1, 0.15) is 5.56 Å². The zero-order chi connectivity index (χ0) is 18.5. The van der Waals surface area contributed by atoms with Crippen molar-refractivity contribution in [1.29, 1.82) is 0 Å². The predicted octanol–water partition coefficient (Wildman–Crippen LogP) is 4.40. The van der Waals surface area contributed by atoms with Crippen molar-refractivity contribution in [3.05, 3.63) is 63.1 Å². The van der Waals surface area contributed by atoms with E-state index in [4.69, 9.17) is 34.8 Å². The number of hydrogen-bond donors (Lipinski definition) is 1. The van der Waals surface area contributed by atoms with Crippen molar-refractivity contribution in [3.63, 3.8) is 0 Å². The fourth-order valence-corrected chi connectivity index (χ4v) is 3.66. The first-order chi connectivity index (χ1) is 12.5. The summed E-state index contributed by atoms with van der Waals surface area (Å²) >= 11 is 18.4. The molecule has 1 aliphatic heterocycles. The molecule has 1 saturated heterocycles. The number of halogens is 3. The molecule has 3 rings (SSSR count). The second-order valence-electron chi connectivity index (χ2n) is 6.29. The number of rotatable bonds is 5. The van der Waals surface area contributed by atoms with Gasteiger partial charge in [0.05, 0.1) is 22.3 Å². The largest absolute Gasteiger partial charge is 0.322 e. The second kappa shape index (κ2) is 9.07. The lowest BCUT2D eigenvalue weighted by atomic mass is 10.2. The quantitative estimate of drug-likeness (QED) is 0.790. The van der Waals surface area contributed by atoms with Crippen LogP contribution >= 0.6 is 34.8 Å². The molecule has 0 unspecified atom stereocenters. The number of anilines is 1. The molecule has 1 heterocycles. The first kappa shape index (κ1) is 19.5. The zero-order valence-corrected chi connectivity index (χ0v) is 16.5. The zero-order valence-electron chi connectivity index (χ0n) is 14.2. The van der Waals surface area contributed by atoms with Crippen LogP contribution in [0.2, 0.25) is 15.1 Å². The Bertz CT molecular complexity index is 756. The van der Waals surface area contributed by atoms with Crippen LogP contribution in [0.15, 0.2) is 42.5 Å². The van der Waals surface area contributed by atoms with Gasteiger partial charge in [-0.15, -0.1) is 0 Å². The normalized spacial score (nSPS) is 15.8. The van der Waals surface area contributed by atoms with Crippen molar-refractivity contribution in [2.75, 3.05) is 38.0 Å². The molecule has 2 aromatic carbocycles. The van der Waals surface area contributed by atoms with E-state index in [-0.39, 0.29) is 5.91 Å². The third-order valence-electron chi connectivity index (χ3n) is 4.41. The number of amides is 1. The van der Waals surface area contributed by atoms with E-state index in [1.165, 1.54) is 0 Å². The number of carbonyl (C=O) groups is 1. The van der Waals surface area contributed by atoms with E-state index in [0.717, 1.165) is 43.3 Å². The summed E-state index contributed by atoms with van der Waals surface area (Å²) < 4.78 is 0. The molecule has 0 spiro atoms. The van der Waals surface area contributed by atoms with Gasteiger partial charge in [0.25, 0.3) is 0 Å². The molecule has 1 fully saturated rings. The molecule has 0 radical (unpaired) electrons. The lowest BCUT2D eigenvalue weighted by Crippen LogP contribution is -2.48. The average Bonchev–Trinajstić information content (AvgIpc) is 2.62. The average molecular weight is 413 g/mol. The summed E-state index contributed by atoms with van der Waals surface area (Å²) in [6.07, 6.45) is 0. The summed E-state index contributed by atoms with van der Waals surface area (Å²) in [7, 11) is 0. The second-order valence-corrected chi connectivity index (χ2v) is 7.51. The molecular formula is C19H20Cl3N3O. The van der Waals surface area contributed by atoms with Gasteiger partial charge in [0.15, 0.2) is 0 Å². The predicted molar refractivity (Wildman–Crippen MR) is 108 cm³/mol. The Balaban J connectivity index is 1.48. The number of carbonyl (C=O) groups excluding carboxylic acids is 1. The summed E-state index contributed by atoms with van der Waals surface area (Å²) in [5.41, 5.74) is 1.60. The highest BCUT2D eigenvalue weighted by Crippen LogP contribution is 2.29. The summed E-state index contributed by atoms with van der Waals surface area (Å²) in [5, 5.41) is 4.49. The van der Waals surface area contributed by atoms with Crippen LogP contribution in [0.3, 0.4) is 0 Å². The monoisotopic (exact) mass is 411 g/mol. The van der Waals surface area contributed by atoms with Crippen molar-refractivity contribution < 1.29 is 4.79 Å². The van der Waals surface area contributed by atoms with E-state index in [0.29, 0.717) is 22.3 Å². The van der Waals surface area contributed by atoms with Crippen LogP contribution < -0.4 is 5.32 Å². The molecule has 26 heavy (non-hydrogen) atoms. The molecule has 2 aromatic rings. The Morgan fingerprint density at radius 2 is 1.42 bits per heavy atom. The number of hydrogen-bond acceptors (Lipinski definition) is 3. The van der Waals surface area contributed by atoms with Gasteiger partial charge in [-0.25, -0.2) is 0 Å². The summed E-state index contributed by atoms with van der Waals surface area (Å²) in [5.74, 6) is -0.112.